The van der Waals surface area contributed by atoms with Crippen LogP contribution in [0.25, 0.3) is 22.2 Å². The number of piperidine rings is 1. The fraction of sp³-hybridized carbons (Fsp3) is 0.320. The van der Waals surface area contributed by atoms with E-state index in [2.05, 4.69) is 27.0 Å². The first-order valence-corrected chi connectivity index (χ1v) is 12.0. The second-order valence-electron chi connectivity index (χ2n) is 8.57. The largest absolute Gasteiger partial charge is 0.306 e. The number of hydrogen-bond donors (Lipinski definition) is 0. The number of aryl methyl sites for hydroxylation is 1. The maximum atomic E-state index is 13.0. The molecule has 4 aromatic rings. The molecule has 1 fully saturated rings. The van der Waals surface area contributed by atoms with Crippen LogP contribution in [-0.4, -0.2) is 60.8 Å². The number of rotatable bonds is 6. The van der Waals surface area contributed by atoms with E-state index in [1.165, 1.54) is 0 Å². The summed E-state index contributed by atoms with van der Waals surface area (Å²) < 4.78 is 1.76. The number of hydrogen-bond acceptors (Lipinski definition) is 7. The molecule has 1 aliphatic heterocycles. The van der Waals surface area contributed by atoms with Gasteiger partial charge in [0.15, 0.2) is 5.78 Å². The molecule has 0 unspecified atom stereocenters. The molecule has 1 saturated heterocycles. The van der Waals surface area contributed by atoms with Crippen LogP contribution >= 0.6 is 11.8 Å². The monoisotopic (exact) mass is 458 g/mol. The highest BCUT2D eigenvalue weighted by Gasteiger charge is 2.19. The highest BCUT2D eigenvalue weighted by molar-refractivity contribution is 7.99. The van der Waals surface area contributed by atoms with Gasteiger partial charge in [-0.25, -0.2) is 9.97 Å². The summed E-state index contributed by atoms with van der Waals surface area (Å²) in [6.07, 6.45) is 9.78. The van der Waals surface area contributed by atoms with Crippen LogP contribution in [0.3, 0.4) is 0 Å². The van der Waals surface area contributed by atoms with Gasteiger partial charge in [-0.05, 0) is 63.3 Å². The van der Waals surface area contributed by atoms with Gasteiger partial charge in [0.1, 0.15) is 0 Å². The number of likely N-dealkylation sites (tertiary alicyclic amines) is 1. The van der Waals surface area contributed by atoms with E-state index in [4.69, 9.17) is 4.98 Å². The van der Waals surface area contributed by atoms with Gasteiger partial charge < -0.3 is 4.90 Å². The van der Waals surface area contributed by atoms with Gasteiger partial charge in [0, 0.05) is 47.4 Å². The number of Topliss-reactive ketones (excluding diaryl/α,β-unsaturated/α-hetero) is 1. The Hall–Kier alpha value is -3.10. The van der Waals surface area contributed by atoms with Gasteiger partial charge in [0.2, 0.25) is 0 Å². The average molecular weight is 459 g/mol. The maximum absolute atomic E-state index is 13.0. The molecule has 33 heavy (non-hydrogen) atoms. The molecule has 5 heterocycles. The zero-order valence-electron chi connectivity index (χ0n) is 18.8. The van der Waals surface area contributed by atoms with Gasteiger partial charge in [-0.1, -0.05) is 0 Å². The van der Waals surface area contributed by atoms with Crippen LogP contribution in [0.2, 0.25) is 0 Å². The SMILES string of the molecule is CN1CCC(Sc2cc(C(=O)Cc3cc4nc(-c5cnn(C)c5)ccc4cn3)ccn2)CC1. The van der Waals surface area contributed by atoms with E-state index in [0.29, 0.717) is 16.5 Å². The molecule has 0 bridgehead atoms. The van der Waals surface area contributed by atoms with Crippen molar-refractivity contribution in [1.29, 1.82) is 0 Å². The lowest BCUT2D eigenvalue weighted by molar-refractivity contribution is 0.0991. The number of carbonyl (C=O) groups is 1. The Morgan fingerprint density at radius 2 is 1.94 bits per heavy atom. The molecule has 0 N–H and O–H groups in total. The summed E-state index contributed by atoms with van der Waals surface area (Å²) in [6.45, 7) is 2.22. The summed E-state index contributed by atoms with van der Waals surface area (Å²) in [5.41, 5.74) is 4.02. The molecule has 168 valence electrons. The van der Waals surface area contributed by atoms with Crippen molar-refractivity contribution in [2.45, 2.75) is 29.5 Å². The van der Waals surface area contributed by atoms with Crippen molar-refractivity contribution in [2.75, 3.05) is 20.1 Å². The standard InChI is InChI=1S/C25H26N6OS/c1-30-9-6-21(7-10-30)33-25-11-17(5-8-26-25)24(32)13-20-12-23-18(14-27-20)3-4-22(29-23)19-15-28-31(2)16-19/h3-5,8,11-12,14-16,21H,6-7,9-10,13H2,1-2H3. The molecule has 0 aliphatic carbocycles. The fourth-order valence-electron chi connectivity index (χ4n) is 4.06. The van der Waals surface area contributed by atoms with Crippen molar-refractivity contribution < 1.29 is 4.79 Å². The van der Waals surface area contributed by atoms with Gasteiger partial charge >= 0.3 is 0 Å². The van der Waals surface area contributed by atoms with Gasteiger partial charge in [0.05, 0.1) is 34.5 Å². The molecule has 5 rings (SSSR count). The van der Waals surface area contributed by atoms with Gasteiger partial charge in [-0.2, -0.15) is 5.10 Å². The van der Waals surface area contributed by atoms with Crippen molar-refractivity contribution in [3.05, 3.63) is 66.4 Å². The molecular formula is C25H26N6OS. The lowest BCUT2D eigenvalue weighted by atomic mass is 10.1. The third-order valence-electron chi connectivity index (χ3n) is 5.98. The van der Waals surface area contributed by atoms with Crippen LogP contribution in [0.1, 0.15) is 28.9 Å². The molecule has 0 atom stereocenters. The molecule has 1 aliphatic rings. The van der Waals surface area contributed by atoms with Crippen molar-refractivity contribution in [1.82, 2.24) is 29.6 Å². The first-order valence-electron chi connectivity index (χ1n) is 11.1. The number of aromatic nitrogens is 5. The van der Waals surface area contributed by atoms with E-state index in [1.807, 2.05) is 37.5 Å². The molecule has 7 nitrogen and oxygen atoms in total. The van der Waals surface area contributed by atoms with E-state index in [1.54, 1.807) is 41.1 Å². The predicted molar refractivity (Wildman–Crippen MR) is 130 cm³/mol. The third kappa shape index (κ3) is 5.12. The van der Waals surface area contributed by atoms with E-state index in [9.17, 15) is 4.79 Å². The van der Waals surface area contributed by atoms with Crippen LogP contribution in [0.15, 0.2) is 60.1 Å². The van der Waals surface area contributed by atoms with Gasteiger partial charge in [-0.3, -0.25) is 14.5 Å². The van der Waals surface area contributed by atoms with Crippen molar-refractivity contribution in [3.8, 4) is 11.3 Å². The van der Waals surface area contributed by atoms with Crippen LogP contribution in [0.4, 0.5) is 0 Å². The second kappa shape index (κ2) is 9.41. The summed E-state index contributed by atoms with van der Waals surface area (Å²) in [5, 5.41) is 6.64. The summed E-state index contributed by atoms with van der Waals surface area (Å²) in [4.78, 5) is 29.1. The topological polar surface area (TPSA) is 76.8 Å². The predicted octanol–water partition coefficient (Wildman–Crippen LogP) is 4.04. The molecule has 0 spiro atoms. The molecule has 0 saturated carbocycles. The Morgan fingerprint density at radius 1 is 1.09 bits per heavy atom. The molecule has 8 heteroatoms. The molecule has 0 aromatic carbocycles. The Morgan fingerprint density at radius 3 is 2.73 bits per heavy atom. The lowest BCUT2D eigenvalue weighted by Gasteiger charge is -2.28. The fourth-order valence-corrected chi connectivity index (χ4v) is 5.16. The molecular weight excluding hydrogens is 432 g/mol. The normalized spacial score (nSPS) is 15.2. The Bertz CT molecular complexity index is 1300. The van der Waals surface area contributed by atoms with Crippen LogP contribution in [0, 0.1) is 0 Å². The number of pyridine rings is 3. The Balaban J connectivity index is 1.31. The van der Waals surface area contributed by atoms with Gasteiger partial charge in [0.25, 0.3) is 0 Å². The highest BCUT2D eigenvalue weighted by atomic mass is 32.2. The van der Waals surface area contributed by atoms with Crippen LogP contribution in [0.5, 0.6) is 0 Å². The summed E-state index contributed by atoms with van der Waals surface area (Å²) in [5.74, 6) is 0.0397. The van der Waals surface area contributed by atoms with Crippen molar-refractivity contribution >= 4 is 28.4 Å². The van der Waals surface area contributed by atoms with Crippen molar-refractivity contribution in [3.63, 3.8) is 0 Å². The van der Waals surface area contributed by atoms with Crippen LogP contribution < -0.4 is 0 Å². The summed E-state index contributed by atoms with van der Waals surface area (Å²) in [6, 6.07) is 9.58. The summed E-state index contributed by atoms with van der Waals surface area (Å²) >= 11 is 1.79. The number of carbonyl (C=O) groups excluding carboxylic acids is 1. The Kier molecular flexibility index (Phi) is 6.20. The van der Waals surface area contributed by atoms with Crippen molar-refractivity contribution in [2.24, 2.45) is 7.05 Å². The molecule has 4 aromatic heterocycles. The number of fused-ring (bicyclic) bond motifs is 1. The van der Waals surface area contributed by atoms with E-state index in [0.717, 1.165) is 53.1 Å². The minimum Gasteiger partial charge on any atom is -0.306 e. The first-order chi connectivity index (χ1) is 16.0. The number of nitrogens with zero attached hydrogens (tertiary/aromatic N) is 6. The average Bonchev–Trinajstić information content (AvgIpc) is 3.26. The minimum atomic E-state index is 0.0397. The van der Waals surface area contributed by atoms with E-state index >= 15 is 0 Å². The van der Waals surface area contributed by atoms with Gasteiger partial charge in [-0.15, -0.1) is 11.8 Å². The quantitative estimate of drug-likeness (QED) is 0.404. The second-order valence-corrected chi connectivity index (χ2v) is 9.89. The zero-order valence-corrected chi connectivity index (χ0v) is 19.6. The number of ketones is 1. The third-order valence-corrected chi connectivity index (χ3v) is 7.25. The zero-order chi connectivity index (χ0) is 22.8. The highest BCUT2D eigenvalue weighted by Crippen LogP contribution is 2.29. The maximum Gasteiger partial charge on any atom is 0.168 e. The first kappa shape index (κ1) is 21.7. The number of thioether (sulfide) groups is 1. The van der Waals surface area contributed by atoms with E-state index < -0.39 is 0 Å². The lowest BCUT2D eigenvalue weighted by Crippen LogP contribution is -2.31. The minimum absolute atomic E-state index is 0.0397. The Labute approximate surface area is 197 Å². The summed E-state index contributed by atoms with van der Waals surface area (Å²) in [7, 11) is 4.05. The van der Waals surface area contributed by atoms with E-state index in [-0.39, 0.29) is 12.2 Å². The molecule has 0 amide bonds. The molecule has 0 radical (unpaired) electrons. The van der Waals surface area contributed by atoms with Crippen LogP contribution in [-0.2, 0) is 13.5 Å². The smallest absolute Gasteiger partial charge is 0.168 e.